The summed E-state index contributed by atoms with van der Waals surface area (Å²) >= 11 is 0. The SMILES string of the molecule is COCC(C)CNC(=O)CCCO. The number of ether oxygens (including phenoxy) is 1. The zero-order valence-corrected chi connectivity index (χ0v) is 8.38. The van der Waals surface area contributed by atoms with Gasteiger partial charge < -0.3 is 15.2 Å². The molecule has 0 rings (SSSR count). The number of aliphatic hydroxyl groups is 1. The third kappa shape index (κ3) is 7.74. The average Bonchev–Trinajstić information content (AvgIpc) is 2.12. The van der Waals surface area contributed by atoms with E-state index in [4.69, 9.17) is 9.84 Å². The zero-order chi connectivity index (χ0) is 10.1. The van der Waals surface area contributed by atoms with Gasteiger partial charge >= 0.3 is 0 Å². The summed E-state index contributed by atoms with van der Waals surface area (Å²) in [7, 11) is 1.64. The molecule has 0 saturated carbocycles. The van der Waals surface area contributed by atoms with Crippen molar-refractivity contribution in [2.24, 2.45) is 5.92 Å². The van der Waals surface area contributed by atoms with Gasteiger partial charge in [-0.2, -0.15) is 0 Å². The Morgan fingerprint density at radius 1 is 1.62 bits per heavy atom. The molecule has 1 unspecified atom stereocenters. The van der Waals surface area contributed by atoms with E-state index in [1.165, 1.54) is 0 Å². The first kappa shape index (κ1) is 12.4. The van der Waals surface area contributed by atoms with Gasteiger partial charge in [0.15, 0.2) is 0 Å². The van der Waals surface area contributed by atoms with Crippen LogP contribution < -0.4 is 5.32 Å². The molecule has 0 saturated heterocycles. The number of rotatable bonds is 7. The summed E-state index contributed by atoms with van der Waals surface area (Å²) in [4.78, 5) is 11.0. The van der Waals surface area contributed by atoms with Crippen LogP contribution in [0.3, 0.4) is 0 Å². The van der Waals surface area contributed by atoms with Crippen LogP contribution in [0.1, 0.15) is 19.8 Å². The fraction of sp³-hybridized carbons (Fsp3) is 0.889. The minimum absolute atomic E-state index is 0.00277. The van der Waals surface area contributed by atoms with Gasteiger partial charge in [-0.05, 0) is 12.3 Å². The van der Waals surface area contributed by atoms with E-state index in [1.54, 1.807) is 7.11 Å². The topological polar surface area (TPSA) is 58.6 Å². The van der Waals surface area contributed by atoms with Crippen molar-refractivity contribution in [2.75, 3.05) is 26.9 Å². The molecule has 0 aliphatic rings. The Bertz CT molecular complexity index is 139. The molecule has 1 atom stereocenters. The summed E-state index contributed by atoms with van der Waals surface area (Å²) in [5, 5.41) is 11.2. The molecule has 0 aliphatic heterocycles. The number of carbonyl (C=O) groups excluding carboxylic acids is 1. The van der Waals surface area contributed by atoms with Gasteiger partial charge in [0.2, 0.25) is 5.91 Å². The van der Waals surface area contributed by atoms with E-state index >= 15 is 0 Å². The van der Waals surface area contributed by atoms with Crippen molar-refractivity contribution in [3.63, 3.8) is 0 Å². The van der Waals surface area contributed by atoms with Gasteiger partial charge in [0.1, 0.15) is 0 Å². The van der Waals surface area contributed by atoms with E-state index in [0.717, 1.165) is 0 Å². The van der Waals surface area contributed by atoms with Crippen molar-refractivity contribution in [1.82, 2.24) is 5.32 Å². The lowest BCUT2D eigenvalue weighted by molar-refractivity contribution is -0.121. The van der Waals surface area contributed by atoms with Crippen LogP contribution in [0.15, 0.2) is 0 Å². The summed E-state index contributed by atoms with van der Waals surface area (Å²) < 4.78 is 4.93. The minimum Gasteiger partial charge on any atom is -0.396 e. The van der Waals surface area contributed by atoms with E-state index in [1.807, 2.05) is 6.92 Å². The highest BCUT2D eigenvalue weighted by molar-refractivity contribution is 5.75. The fourth-order valence-electron chi connectivity index (χ4n) is 0.960. The average molecular weight is 189 g/mol. The Morgan fingerprint density at radius 3 is 2.85 bits per heavy atom. The molecule has 0 aromatic heterocycles. The number of hydrogen-bond acceptors (Lipinski definition) is 3. The van der Waals surface area contributed by atoms with Gasteiger partial charge in [0.05, 0.1) is 6.61 Å². The number of amides is 1. The summed E-state index contributed by atoms with van der Waals surface area (Å²) in [6, 6.07) is 0. The third-order valence-electron chi connectivity index (χ3n) is 1.66. The summed E-state index contributed by atoms with van der Waals surface area (Å²) in [6.45, 7) is 3.37. The maximum absolute atomic E-state index is 11.0. The van der Waals surface area contributed by atoms with Crippen molar-refractivity contribution in [3.8, 4) is 0 Å². The summed E-state index contributed by atoms with van der Waals surface area (Å²) in [5.74, 6) is 0.333. The first-order valence-electron chi connectivity index (χ1n) is 4.57. The van der Waals surface area contributed by atoms with Crippen molar-refractivity contribution in [2.45, 2.75) is 19.8 Å². The predicted octanol–water partition coefficient (Wildman–Crippen LogP) is 0.158. The van der Waals surface area contributed by atoms with Crippen molar-refractivity contribution in [1.29, 1.82) is 0 Å². The van der Waals surface area contributed by atoms with Crippen LogP contribution in [0.5, 0.6) is 0 Å². The van der Waals surface area contributed by atoms with E-state index < -0.39 is 0 Å². The minimum atomic E-state index is -0.00277. The van der Waals surface area contributed by atoms with E-state index in [-0.39, 0.29) is 12.5 Å². The monoisotopic (exact) mass is 189 g/mol. The Labute approximate surface area is 79.3 Å². The maximum Gasteiger partial charge on any atom is 0.220 e. The number of aliphatic hydroxyl groups excluding tert-OH is 1. The van der Waals surface area contributed by atoms with Crippen molar-refractivity contribution >= 4 is 5.91 Å². The number of carbonyl (C=O) groups is 1. The molecule has 1 amide bonds. The molecule has 0 spiro atoms. The fourth-order valence-corrected chi connectivity index (χ4v) is 0.960. The zero-order valence-electron chi connectivity index (χ0n) is 8.38. The second kappa shape index (κ2) is 8.01. The van der Waals surface area contributed by atoms with Crippen LogP contribution >= 0.6 is 0 Å². The van der Waals surface area contributed by atoms with Crippen LogP contribution in [0.25, 0.3) is 0 Å². The van der Waals surface area contributed by atoms with Crippen molar-refractivity contribution in [3.05, 3.63) is 0 Å². The van der Waals surface area contributed by atoms with Crippen LogP contribution in [0.2, 0.25) is 0 Å². The van der Waals surface area contributed by atoms with Gasteiger partial charge in [-0.1, -0.05) is 6.92 Å². The standard InChI is InChI=1S/C9H19NO3/c1-8(7-13-2)6-10-9(12)4-3-5-11/h8,11H,3-7H2,1-2H3,(H,10,12). The molecule has 0 aliphatic carbocycles. The molecule has 0 radical (unpaired) electrons. The van der Waals surface area contributed by atoms with Gasteiger partial charge in [-0.3, -0.25) is 4.79 Å². The smallest absolute Gasteiger partial charge is 0.220 e. The molecule has 0 heterocycles. The van der Waals surface area contributed by atoms with E-state index in [0.29, 0.717) is 31.9 Å². The first-order chi connectivity index (χ1) is 6.20. The molecule has 0 fully saturated rings. The number of methoxy groups -OCH3 is 1. The van der Waals surface area contributed by atoms with Gasteiger partial charge in [-0.25, -0.2) is 0 Å². The second-order valence-electron chi connectivity index (χ2n) is 3.19. The van der Waals surface area contributed by atoms with Gasteiger partial charge in [0.25, 0.3) is 0 Å². The molecular formula is C9H19NO3. The lowest BCUT2D eigenvalue weighted by Crippen LogP contribution is -2.29. The van der Waals surface area contributed by atoms with Crippen LogP contribution in [0, 0.1) is 5.92 Å². The molecule has 78 valence electrons. The highest BCUT2D eigenvalue weighted by Gasteiger charge is 2.04. The lowest BCUT2D eigenvalue weighted by atomic mass is 10.2. The predicted molar refractivity (Wildman–Crippen MR) is 50.4 cm³/mol. The van der Waals surface area contributed by atoms with Crippen LogP contribution in [-0.2, 0) is 9.53 Å². The molecular weight excluding hydrogens is 170 g/mol. The normalized spacial score (nSPS) is 12.5. The molecule has 0 aromatic rings. The van der Waals surface area contributed by atoms with Gasteiger partial charge in [0, 0.05) is 26.7 Å². The lowest BCUT2D eigenvalue weighted by Gasteiger charge is -2.10. The van der Waals surface area contributed by atoms with Gasteiger partial charge in [-0.15, -0.1) is 0 Å². The molecule has 0 aromatic carbocycles. The Hall–Kier alpha value is -0.610. The second-order valence-corrected chi connectivity index (χ2v) is 3.19. The number of nitrogens with one attached hydrogen (secondary N) is 1. The first-order valence-corrected chi connectivity index (χ1v) is 4.57. The molecule has 4 heteroatoms. The third-order valence-corrected chi connectivity index (χ3v) is 1.66. The molecule has 13 heavy (non-hydrogen) atoms. The Morgan fingerprint density at radius 2 is 2.31 bits per heavy atom. The van der Waals surface area contributed by atoms with E-state index in [2.05, 4.69) is 5.32 Å². The quantitative estimate of drug-likeness (QED) is 0.599. The molecule has 0 bridgehead atoms. The highest BCUT2D eigenvalue weighted by Crippen LogP contribution is 1.93. The molecule has 2 N–H and O–H groups in total. The number of hydrogen-bond donors (Lipinski definition) is 2. The molecule has 4 nitrogen and oxygen atoms in total. The van der Waals surface area contributed by atoms with Crippen LogP contribution in [0.4, 0.5) is 0 Å². The van der Waals surface area contributed by atoms with Crippen LogP contribution in [-0.4, -0.2) is 37.9 Å². The maximum atomic E-state index is 11.0. The summed E-state index contributed by atoms with van der Waals surface area (Å²) in [6.07, 6.45) is 0.931. The Kier molecular flexibility index (Phi) is 7.63. The largest absolute Gasteiger partial charge is 0.396 e. The Balaban J connectivity index is 3.34. The van der Waals surface area contributed by atoms with E-state index in [9.17, 15) is 4.79 Å². The highest BCUT2D eigenvalue weighted by atomic mass is 16.5. The summed E-state index contributed by atoms with van der Waals surface area (Å²) in [5.41, 5.74) is 0. The van der Waals surface area contributed by atoms with Crippen molar-refractivity contribution < 1.29 is 14.6 Å².